The van der Waals surface area contributed by atoms with Crippen LogP contribution in [-0.4, -0.2) is 30.1 Å². The van der Waals surface area contributed by atoms with Gasteiger partial charge in [0.15, 0.2) is 0 Å². The van der Waals surface area contributed by atoms with Crippen LogP contribution in [0.2, 0.25) is 0 Å². The largest absolute Gasteiger partial charge is 0.497 e. The lowest BCUT2D eigenvalue weighted by molar-refractivity contribution is -0.116. The normalized spacial score (nSPS) is 11.8. The molecule has 1 rings (SSSR count). The van der Waals surface area contributed by atoms with E-state index in [1.807, 2.05) is 6.92 Å². The summed E-state index contributed by atoms with van der Waals surface area (Å²) in [5, 5.41) is 11.7. The van der Waals surface area contributed by atoms with Gasteiger partial charge in [-0.1, -0.05) is 0 Å². The molecule has 0 fully saturated rings. The molecular weight excluding hydrogens is 260 g/mol. The van der Waals surface area contributed by atoms with Crippen molar-refractivity contribution in [3.63, 3.8) is 0 Å². The molecule has 0 saturated heterocycles. The van der Waals surface area contributed by atoms with Gasteiger partial charge >= 0.3 is 5.97 Å². The van der Waals surface area contributed by atoms with Crippen LogP contribution >= 0.6 is 0 Å². The first-order valence-corrected chi connectivity index (χ1v) is 6.40. The number of ether oxygens (including phenoxy) is 1. The molecule has 0 spiro atoms. The van der Waals surface area contributed by atoms with Gasteiger partial charge in [0.05, 0.1) is 18.4 Å². The number of carbonyl (C=O) groups excluding carboxylic acids is 1. The third-order valence-corrected chi connectivity index (χ3v) is 2.79. The minimum atomic E-state index is -1.12. The van der Waals surface area contributed by atoms with Crippen LogP contribution in [0.1, 0.15) is 36.5 Å². The molecule has 1 aromatic rings. The van der Waals surface area contributed by atoms with Crippen molar-refractivity contribution in [3.8, 4) is 5.75 Å². The number of amides is 1. The molecule has 6 heteroatoms. The number of methoxy groups -OCH3 is 1. The van der Waals surface area contributed by atoms with Crippen molar-refractivity contribution in [2.24, 2.45) is 5.73 Å². The van der Waals surface area contributed by atoms with Gasteiger partial charge in [-0.25, -0.2) is 4.79 Å². The van der Waals surface area contributed by atoms with Crippen molar-refractivity contribution in [2.75, 3.05) is 12.4 Å². The lowest BCUT2D eigenvalue weighted by atomic mass is 10.1. The molecule has 0 aliphatic heterocycles. The Morgan fingerprint density at radius 3 is 2.70 bits per heavy atom. The Morgan fingerprint density at radius 1 is 1.45 bits per heavy atom. The molecule has 1 aromatic carbocycles. The number of rotatable bonds is 7. The Kier molecular flexibility index (Phi) is 5.99. The number of carboxylic acid groups (broad SMARTS) is 1. The third kappa shape index (κ3) is 4.89. The van der Waals surface area contributed by atoms with E-state index in [9.17, 15) is 9.59 Å². The molecular formula is C14H20N2O4. The fraction of sp³-hybridized carbons (Fsp3) is 0.429. The van der Waals surface area contributed by atoms with Crippen molar-refractivity contribution < 1.29 is 19.4 Å². The molecule has 1 amide bonds. The summed E-state index contributed by atoms with van der Waals surface area (Å²) < 4.78 is 4.97. The maximum Gasteiger partial charge on any atom is 0.337 e. The standard InChI is InChI=1S/C14H20N2O4/c1-9(15)4-3-5-13(17)16-12-7-6-10(20-2)8-11(12)14(18)19/h6-9H,3-5,15H2,1-2H3,(H,16,17)(H,18,19). The van der Waals surface area contributed by atoms with Gasteiger partial charge in [-0.15, -0.1) is 0 Å². The summed E-state index contributed by atoms with van der Waals surface area (Å²) in [6.07, 6.45) is 1.73. The lowest BCUT2D eigenvalue weighted by Gasteiger charge is -2.10. The van der Waals surface area contributed by atoms with E-state index in [-0.39, 0.29) is 23.2 Å². The molecule has 0 saturated carbocycles. The number of hydrogen-bond donors (Lipinski definition) is 3. The zero-order valence-electron chi connectivity index (χ0n) is 11.7. The van der Waals surface area contributed by atoms with E-state index >= 15 is 0 Å². The van der Waals surface area contributed by atoms with Crippen LogP contribution in [-0.2, 0) is 4.79 Å². The average Bonchev–Trinajstić information content (AvgIpc) is 2.38. The van der Waals surface area contributed by atoms with Crippen LogP contribution in [0.4, 0.5) is 5.69 Å². The van der Waals surface area contributed by atoms with Gasteiger partial charge in [-0.2, -0.15) is 0 Å². The van der Waals surface area contributed by atoms with Crippen LogP contribution < -0.4 is 15.8 Å². The van der Waals surface area contributed by atoms with Crippen molar-refractivity contribution in [3.05, 3.63) is 23.8 Å². The van der Waals surface area contributed by atoms with Crippen LogP contribution in [0.15, 0.2) is 18.2 Å². The second-order valence-electron chi connectivity index (χ2n) is 4.63. The monoisotopic (exact) mass is 280 g/mol. The molecule has 0 bridgehead atoms. The Morgan fingerprint density at radius 2 is 2.15 bits per heavy atom. The summed E-state index contributed by atoms with van der Waals surface area (Å²) in [4.78, 5) is 22.9. The van der Waals surface area contributed by atoms with Crippen molar-refractivity contribution >= 4 is 17.6 Å². The molecule has 20 heavy (non-hydrogen) atoms. The predicted molar refractivity (Wildman–Crippen MR) is 76.1 cm³/mol. The second-order valence-corrected chi connectivity index (χ2v) is 4.63. The Hall–Kier alpha value is -2.08. The highest BCUT2D eigenvalue weighted by Crippen LogP contribution is 2.22. The highest BCUT2D eigenvalue weighted by molar-refractivity contribution is 6.00. The van der Waals surface area contributed by atoms with Crippen LogP contribution in [0.3, 0.4) is 0 Å². The summed E-state index contributed by atoms with van der Waals surface area (Å²) in [7, 11) is 1.45. The van der Waals surface area contributed by atoms with E-state index in [1.54, 1.807) is 6.07 Å². The summed E-state index contributed by atoms with van der Waals surface area (Å²) >= 11 is 0. The van der Waals surface area contributed by atoms with E-state index in [0.29, 0.717) is 18.6 Å². The fourth-order valence-corrected chi connectivity index (χ4v) is 1.73. The molecule has 0 aromatic heterocycles. The number of nitrogens with two attached hydrogens (primary N) is 1. The zero-order valence-corrected chi connectivity index (χ0v) is 11.7. The van der Waals surface area contributed by atoms with Gasteiger partial charge in [-0.05, 0) is 38.0 Å². The van der Waals surface area contributed by atoms with Gasteiger partial charge < -0.3 is 20.9 Å². The first kappa shape index (κ1) is 16.0. The van der Waals surface area contributed by atoms with Crippen LogP contribution in [0.25, 0.3) is 0 Å². The lowest BCUT2D eigenvalue weighted by Crippen LogP contribution is -2.17. The van der Waals surface area contributed by atoms with Gasteiger partial charge in [0.25, 0.3) is 0 Å². The minimum absolute atomic E-state index is 0.00453. The first-order chi connectivity index (χ1) is 9.43. The van der Waals surface area contributed by atoms with Gasteiger partial charge in [-0.3, -0.25) is 4.79 Å². The number of carboxylic acids is 1. The molecule has 0 radical (unpaired) electrons. The first-order valence-electron chi connectivity index (χ1n) is 6.40. The smallest absolute Gasteiger partial charge is 0.337 e. The Labute approximate surface area is 117 Å². The van der Waals surface area contributed by atoms with E-state index in [1.165, 1.54) is 19.2 Å². The van der Waals surface area contributed by atoms with E-state index in [4.69, 9.17) is 15.6 Å². The molecule has 110 valence electrons. The summed E-state index contributed by atoms with van der Waals surface area (Å²) in [6, 6.07) is 4.55. The Balaban J connectivity index is 2.71. The van der Waals surface area contributed by atoms with Crippen molar-refractivity contribution in [2.45, 2.75) is 32.2 Å². The zero-order chi connectivity index (χ0) is 15.1. The van der Waals surface area contributed by atoms with Gasteiger partial charge in [0, 0.05) is 12.5 Å². The van der Waals surface area contributed by atoms with Gasteiger partial charge in [0.2, 0.25) is 5.91 Å². The number of anilines is 1. The van der Waals surface area contributed by atoms with E-state index in [2.05, 4.69) is 5.32 Å². The highest BCUT2D eigenvalue weighted by Gasteiger charge is 2.13. The number of benzene rings is 1. The SMILES string of the molecule is COc1ccc(NC(=O)CCCC(C)N)c(C(=O)O)c1. The number of nitrogens with one attached hydrogen (secondary N) is 1. The molecule has 0 aliphatic rings. The van der Waals surface area contributed by atoms with E-state index in [0.717, 1.165) is 6.42 Å². The molecule has 1 atom stereocenters. The maximum atomic E-state index is 11.7. The molecule has 0 aliphatic carbocycles. The number of hydrogen-bond acceptors (Lipinski definition) is 4. The van der Waals surface area contributed by atoms with Crippen LogP contribution in [0.5, 0.6) is 5.75 Å². The summed E-state index contributed by atoms with van der Waals surface area (Å²) in [6.45, 7) is 1.88. The molecule has 6 nitrogen and oxygen atoms in total. The van der Waals surface area contributed by atoms with Gasteiger partial charge in [0.1, 0.15) is 5.75 Å². The van der Waals surface area contributed by atoms with Crippen molar-refractivity contribution in [1.29, 1.82) is 0 Å². The van der Waals surface area contributed by atoms with Crippen LogP contribution in [0, 0.1) is 0 Å². The summed E-state index contributed by atoms with van der Waals surface area (Å²) in [5.74, 6) is -0.912. The predicted octanol–water partition coefficient (Wildman–Crippen LogP) is 1.85. The number of aromatic carboxylic acids is 1. The van der Waals surface area contributed by atoms with E-state index < -0.39 is 5.97 Å². The van der Waals surface area contributed by atoms with Crippen molar-refractivity contribution in [1.82, 2.24) is 0 Å². The third-order valence-electron chi connectivity index (χ3n) is 2.79. The molecule has 0 heterocycles. The minimum Gasteiger partial charge on any atom is -0.497 e. The quantitative estimate of drug-likeness (QED) is 0.707. The molecule has 4 N–H and O–H groups in total. The highest BCUT2D eigenvalue weighted by atomic mass is 16.5. The second kappa shape index (κ2) is 7.49. The maximum absolute atomic E-state index is 11.7. The molecule has 1 unspecified atom stereocenters. The summed E-state index contributed by atoms with van der Waals surface area (Å²) in [5.41, 5.74) is 5.88. The Bertz CT molecular complexity index is 486. The fourth-order valence-electron chi connectivity index (χ4n) is 1.73. The number of carbonyl (C=O) groups is 2. The average molecular weight is 280 g/mol. The topological polar surface area (TPSA) is 102 Å².